The number of hydrogen-bond donors (Lipinski definition) is 0. The van der Waals surface area contributed by atoms with Crippen molar-refractivity contribution in [1.29, 1.82) is 0 Å². The Morgan fingerprint density at radius 1 is 1.17 bits per heavy atom. The number of rotatable bonds is 8. The first-order chi connectivity index (χ1) is 14.5. The van der Waals surface area contributed by atoms with E-state index in [0.717, 1.165) is 57.7 Å². The molecule has 1 amide bonds. The Hall–Kier alpha value is -1.85. The molecule has 1 aromatic rings. The van der Waals surface area contributed by atoms with E-state index in [4.69, 9.17) is 4.74 Å². The summed E-state index contributed by atoms with van der Waals surface area (Å²) in [5.74, 6) is 1.87. The fourth-order valence-corrected chi connectivity index (χ4v) is 4.70. The number of piperidine rings is 2. The molecule has 30 heavy (non-hydrogen) atoms. The van der Waals surface area contributed by atoms with Crippen molar-refractivity contribution in [3.63, 3.8) is 0 Å². The summed E-state index contributed by atoms with van der Waals surface area (Å²) >= 11 is 0. The van der Waals surface area contributed by atoms with Crippen molar-refractivity contribution >= 4 is 12.0 Å². The molecule has 2 aliphatic heterocycles. The summed E-state index contributed by atoms with van der Waals surface area (Å²) in [4.78, 5) is 19.6. The van der Waals surface area contributed by atoms with Crippen molar-refractivity contribution in [3.05, 3.63) is 35.9 Å². The smallest absolute Gasteiger partial charge is 0.222 e. The molecule has 5 heteroatoms. The molecule has 0 spiro atoms. The third-order valence-electron chi connectivity index (χ3n) is 6.79. The van der Waals surface area contributed by atoms with E-state index in [-0.39, 0.29) is 0 Å². The summed E-state index contributed by atoms with van der Waals surface area (Å²) in [7, 11) is 5.87. The Balaban J connectivity index is 1.38. The van der Waals surface area contributed by atoms with E-state index >= 15 is 0 Å². The first-order valence-electron chi connectivity index (χ1n) is 11.5. The molecule has 2 aliphatic rings. The van der Waals surface area contributed by atoms with Gasteiger partial charge in [-0.15, -0.1) is 0 Å². The standard InChI is InChI=1S/C25H39N3O2/c1-26-18-14-23(15-19-26)27(2)25(29)13-10-22-7-5-17-28(20-22)16-4-6-21-8-11-24(30-3)12-9-21/h4,6,8-9,11-12,22-23H,5,7,10,13-20H2,1-3H3. The molecule has 0 radical (unpaired) electrons. The maximum Gasteiger partial charge on any atom is 0.222 e. The summed E-state index contributed by atoms with van der Waals surface area (Å²) in [6.45, 7) is 5.45. The summed E-state index contributed by atoms with van der Waals surface area (Å²) in [5, 5.41) is 0. The van der Waals surface area contributed by atoms with Crippen LogP contribution in [0, 0.1) is 5.92 Å². The Labute approximate surface area is 182 Å². The van der Waals surface area contributed by atoms with Crippen LogP contribution < -0.4 is 4.74 Å². The van der Waals surface area contributed by atoms with Crippen molar-refractivity contribution in [2.75, 3.05) is 53.9 Å². The number of benzene rings is 1. The molecule has 1 aromatic carbocycles. The molecule has 3 rings (SSSR count). The van der Waals surface area contributed by atoms with Crippen LogP contribution >= 0.6 is 0 Å². The van der Waals surface area contributed by atoms with E-state index in [1.807, 2.05) is 24.1 Å². The van der Waals surface area contributed by atoms with Gasteiger partial charge in [0.2, 0.25) is 5.91 Å². The molecule has 5 nitrogen and oxygen atoms in total. The SMILES string of the molecule is COc1ccc(C=CCN2CCCC(CCC(=O)N(C)C3CCN(C)CC3)C2)cc1. The molecule has 0 aromatic heterocycles. The van der Waals surface area contributed by atoms with Gasteiger partial charge < -0.3 is 14.5 Å². The molecular formula is C25H39N3O2. The van der Waals surface area contributed by atoms with Gasteiger partial charge in [-0.25, -0.2) is 0 Å². The first kappa shape index (κ1) is 22.8. The first-order valence-corrected chi connectivity index (χ1v) is 11.5. The van der Waals surface area contributed by atoms with Gasteiger partial charge in [-0.3, -0.25) is 9.69 Å². The van der Waals surface area contributed by atoms with Crippen molar-refractivity contribution < 1.29 is 9.53 Å². The Kier molecular flexibility index (Phi) is 8.76. The predicted octanol–water partition coefficient (Wildman–Crippen LogP) is 3.75. The number of carbonyl (C=O) groups is 1. The second-order valence-corrected chi connectivity index (χ2v) is 9.02. The highest BCUT2D eigenvalue weighted by molar-refractivity contribution is 5.76. The maximum absolute atomic E-state index is 12.7. The maximum atomic E-state index is 12.7. The lowest BCUT2D eigenvalue weighted by Gasteiger charge is -2.36. The van der Waals surface area contributed by atoms with E-state index < -0.39 is 0 Å². The normalized spacial score (nSPS) is 21.8. The average Bonchev–Trinajstić information content (AvgIpc) is 2.78. The van der Waals surface area contributed by atoms with Gasteiger partial charge in [0.1, 0.15) is 5.75 Å². The van der Waals surface area contributed by atoms with Crippen LogP contribution in [0.2, 0.25) is 0 Å². The zero-order chi connectivity index (χ0) is 21.3. The number of carbonyl (C=O) groups excluding carboxylic acids is 1. The molecular weight excluding hydrogens is 374 g/mol. The van der Waals surface area contributed by atoms with Crippen LogP contribution in [0.5, 0.6) is 5.75 Å². The number of likely N-dealkylation sites (tertiary alicyclic amines) is 2. The van der Waals surface area contributed by atoms with Crippen LogP contribution in [0.25, 0.3) is 6.08 Å². The van der Waals surface area contributed by atoms with Crippen molar-refractivity contribution in [2.24, 2.45) is 5.92 Å². The molecule has 1 unspecified atom stereocenters. The van der Waals surface area contributed by atoms with Gasteiger partial charge in [0, 0.05) is 32.6 Å². The number of ether oxygens (including phenoxy) is 1. The Morgan fingerprint density at radius 3 is 2.60 bits per heavy atom. The molecule has 0 aliphatic carbocycles. The number of methoxy groups -OCH3 is 1. The summed E-state index contributed by atoms with van der Waals surface area (Å²) < 4.78 is 5.21. The van der Waals surface area contributed by atoms with Gasteiger partial charge in [0.25, 0.3) is 0 Å². The van der Waals surface area contributed by atoms with E-state index in [1.54, 1.807) is 7.11 Å². The second kappa shape index (κ2) is 11.5. The average molecular weight is 414 g/mol. The van der Waals surface area contributed by atoms with Gasteiger partial charge in [0.05, 0.1) is 7.11 Å². The molecule has 0 N–H and O–H groups in total. The number of nitrogens with zero attached hydrogens (tertiary/aromatic N) is 3. The number of amides is 1. The quantitative estimate of drug-likeness (QED) is 0.650. The van der Waals surface area contributed by atoms with Crippen molar-refractivity contribution in [1.82, 2.24) is 14.7 Å². The van der Waals surface area contributed by atoms with E-state index in [0.29, 0.717) is 24.3 Å². The molecule has 1 atom stereocenters. The van der Waals surface area contributed by atoms with Gasteiger partial charge in [-0.1, -0.05) is 24.3 Å². The predicted molar refractivity (Wildman–Crippen MR) is 124 cm³/mol. The summed E-state index contributed by atoms with van der Waals surface area (Å²) in [5.41, 5.74) is 1.20. The molecule has 2 saturated heterocycles. The van der Waals surface area contributed by atoms with Crippen LogP contribution in [0.1, 0.15) is 44.1 Å². The summed E-state index contributed by atoms with van der Waals surface area (Å²) in [6, 6.07) is 8.59. The fraction of sp³-hybridized carbons (Fsp3) is 0.640. The van der Waals surface area contributed by atoms with Gasteiger partial charge in [-0.2, -0.15) is 0 Å². The third kappa shape index (κ3) is 6.85. The molecule has 0 saturated carbocycles. The topological polar surface area (TPSA) is 36.0 Å². The monoisotopic (exact) mass is 413 g/mol. The van der Waals surface area contributed by atoms with Crippen molar-refractivity contribution in [2.45, 2.75) is 44.6 Å². The Bertz CT molecular complexity index is 680. The van der Waals surface area contributed by atoms with Crippen LogP contribution in [-0.4, -0.2) is 80.6 Å². The molecule has 2 fully saturated rings. The minimum absolute atomic E-state index is 0.334. The summed E-state index contributed by atoms with van der Waals surface area (Å²) in [6.07, 6.45) is 10.9. The van der Waals surface area contributed by atoms with Gasteiger partial charge in [-0.05, 0) is 82.4 Å². The van der Waals surface area contributed by atoms with Crippen LogP contribution in [0.3, 0.4) is 0 Å². The van der Waals surface area contributed by atoms with Gasteiger partial charge in [0.15, 0.2) is 0 Å². The van der Waals surface area contributed by atoms with Crippen LogP contribution in [0.4, 0.5) is 0 Å². The lowest BCUT2D eigenvalue weighted by Crippen LogP contribution is -2.44. The lowest BCUT2D eigenvalue weighted by molar-refractivity contribution is -0.133. The highest BCUT2D eigenvalue weighted by atomic mass is 16.5. The third-order valence-corrected chi connectivity index (χ3v) is 6.79. The minimum Gasteiger partial charge on any atom is -0.497 e. The van der Waals surface area contributed by atoms with E-state index in [2.05, 4.69) is 41.1 Å². The highest BCUT2D eigenvalue weighted by Gasteiger charge is 2.25. The van der Waals surface area contributed by atoms with E-state index in [9.17, 15) is 4.79 Å². The van der Waals surface area contributed by atoms with Crippen molar-refractivity contribution in [3.8, 4) is 5.75 Å². The van der Waals surface area contributed by atoms with E-state index in [1.165, 1.54) is 18.4 Å². The van der Waals surface area contributed by atoms with Gasteiger partial charge >= 0.3 is 0 Å². The second-order valence-electron chi connectivity index (χ2n) is 9.02. The Morgan fingerprint density at radius 2 is 1.90 bits per heavy atom. The fourth-order valence-electron chi connectivity index (χ4n) is 4.70. The molecule has 0 bridgehead atoms. The lowest BCUT2D eigenvalue weighted by atomic mass is 9.93. The zero-order valence-corrected chi connectivity index (χ0v) is 19.1. The zero-order valence-electron chi connectivity index (χ0n) is 19.1. The number of hydrogen-bond acceptors (Lipinski definition) is 4. The molecule has 2 heterocycles. The highest BCUT2D eigenvalue weighted by Crippen LogP contribution is 2.23. The van der Waals surface area contributed by atoms with Crippen LogP contribution in [-0.2, 0) is 4.79 Å². The van der Waals surface area contributed by atoms with Crippen LogP contribution in [0.15, 0.2) is 30.3 Å². The largest absolute Gasteiger partial charge is 0.497 e. The minimum atomic E-state index is 0.334. The molecule has 166 valence electrons.